The molecule has 3 aromatic rings. The number of amides is 1. The van der Waals surface area contributed by atoms with Crippen LogP contribution in [0.25, 0.3) is 22.3 Å². The third-order valence-electron chi connectivity index (χ3n) is 8.66. The number of β-lactam (4-membered cyclic amide) rings is 1. The Bertz CT molecular complexity index is 1660. The highest BCUT2D eigenvalue weighted by molar-refractivity contribution is 5.95. The van der Waals surface area contributed by atoms with Crippen molar-refractivity contribution < 1.29 is 28.9 Å². The Labute approximate surface area is 210 Å². The molecule has 0 spiro atoms. The molecule has 1 saturated heterocycles. The third kappa shape index (κ3) is 2.69. The summed E-state index contributed by atoms with van der Waals surface area (Å²) in [5.74, 6) is -1.53. The van der Waals surface area contributed by atoms with Gasteiger partial charge in [0.05, 0.1) is 41.6 Å². The van der Waals surface area contributed by atoms with E-state index >= 15 is 0 Å². The number of rotatable bonds is 2. The molecule has 10 heteroatoms. The maximum absolute atomic E-state index is 14.9. The molecule has 0 saturated carbocycles. The molecule has 1 aromatic carbocycles. The van der Waals surface area contributed by atoms with E-state index in [-0.39, 0.29) is 60.6 Å². The predicted molar refractivity (Wildman–Crippen MR) is 128 cm³/mol. The summed E-state index contributed by atoms with van der Waals surface area (Å²) in [6.07, 6.45) is 0.112. The van der Waals surface area contributed by atoms with Gasteiger partial charge in [0.25, 0.3) is 11.5 Å². The van der Waals surface area contributed by atoms with Crippen molar-refractivity contribution in [3.05, 3.63) is 61.7 Å². The minimum atomic E-state index is -1.95. The zero-order chi connectivity index (χ0) is 26.0. The summed E-state index contributed by atoms with van der Waals surface area (Å²) in [4.78, 5) is 45.1. The molecule has 2 aromatic heterocycles. The molecule has 0 radical (unpaired) electrons. The van der Waals surface area contributed by atoms with Gasteiger partial charge >= 0.3 is 5.97 Å². The lowest BCUT2D eigenvalue weighted by Gasteiger charge is -2.44. The SMILES string of the molecule is CC[C@@]1(O)C(=O)OCc2c1cc1n(c2=O)Cc2c-1nc1cc(F)c(C)c3c1c2[C@@H](N1CC(O)C1=O)CC3. The molecule has 1 aliphatic carbocycles. The van der Waals surface area contributed by atoms with Gasteiger partial charge in [0, 0.05) is 22.6 Å². The van der Waals surface area contributed by atoms with Crippen LogP contribution in [0, 0.1) is 12.7 Å². The second-order valence-corrected chi connectivity index (χ2v) is 10.4. The van der Waals surface area contributed by atoms with E-state index in [4.69, 9.17) is 9.72 Å². The van der Waals surface area contributed by atoms with Gasteiger partial charge in [-0.05, 0) is 48.9 Å². The number of fused-ring (bicyclic) bond motifs is 5. The number of nitrogens with zero attached hydrogens (tertiary/aromatic N) is 3. The van der Waals surface area contributed by atoms with Gasteiger partial charge in [-0.15, -0.1) is 0 Å². The number of carbonyl (C=O) groups excluding carboxylic acids is 2. The predicted octanol–water partition coefficient (Wildman–Crippen LogP) is 1.72. The lowest BCUT2D eigenvalue weighted by molar-refractivity contribution is -0.172. The first-order chi connectivity index (χ1) is 17.7. The summed E-state index contributed by atoms with van der Waals surface area (Å²) in [5, 5.41) is 21.8. The van der Waals surface area contributed by atoms with Crippen LogP contribution < -0.4 is 5.56 Å². The topological polar surface area (TPSA) is 122 Å². The average molecular weight is 506 g/mol. The first-order valence-corrected chi connectivity index (χ1v) is 12.5. The largest absolute Gasteiger partial charge is 0.458 e. The van der Waals surface area contributed by atoms with Gasteiger partial charge in [-0.25, -0.2) is 14.2 Å². The Balaban J connectivity index is 1.53. The van der Waals surface area contributed by atoms with Crippen molar-refractivity contribution in [1.29, 1.82) is 0 Å². The lowest BCUT2D eigenvalue weighted by Crippen LogP contribution is -2.58. The molecule has 5 heterocycles. The molecular formula is C27H24FN3O6. The fourth-order valence-electron chi connectivity index (χ4n) is 6.56. The number of β-amino-alcohol motifs (C(OH)–C–C–N with tert-alkyl or cyclic N) is 1. The number of benzene rings is 1. The third-order valence-corrected chi connectivity index (χ3v) is 8.66. The van der Waals surface area contributed by atoms with Crippen molar-refractivity contribution in [3.63, 3.8) is 0 Å². The van der Waals surface area contributed by atoms with Gasteiger partial charge in [0.2, 0.25) is 0 Å². The fourth-order valence-corrected chi connectivity index (χ4v) is 6.56. The van der Waals surface area contributed by atoms with E-state index in [1.165, 1.54) is 6.07 Å². The van der Waals surface area contributed by atoms with Crippen molar-refractivity contribution in [2.45, 2.75) is 64.0 Å². The normalized spacial score (nSPS) is 25.5. The van der Waals surface area contributed by atoms with E-state index in [2.05, 4.69) is 0 Å². The maximum Gasteiger partial charge on any atom is 0.343 e. The Morgan fingerprint density at radius 2 is 2.00 bits per heavy atom. The highest BCUT2D eigenvalue weighted by Gasteiger charge is 2.47. The van der Waals surface area contributed by atoms with Crippen LogP contribution in [0.5, 0.6) is 0 Å². The number of ether oxygens (including phenoxy) is 1. The quantitative estimate of drug-likeness (QED) is 0.314. The number of aliphatic hydroxyl groups excluding tert-OH is 1. The molecular weight excluding hydrogens is 481 g/mol. The van der Waals surface area contributed by atoms with Crippen LogP contribution in [0.15, 0.2) is 16.9 Å². The molecule has 0 bridgehead atoms. The summed E-state index contributed by atoms with van der Waals surface area (Å²) in [5.41, 5.74) is 2.38. The van der Waals surface area contributed by atoms with Crippen molar-refractivity contribution in [2.75, 3.05) is 6.54 Å². The summed E-state index contributed by atoms with van der Waals surface area (Å²) in [6.45, 7) is 3.54. The highest BCUT2D eigenvalue weighted by atomic mass is 19.1. The second-order valence-electron chi connectivity index (χ2n) is 10.4. The number of cyclic esters (lactones) is 1. The van der Waals surface area contributed by atoms with E-state index in [0.29, 0.717) is 35.3 Å². The first kappa shape index (κ1) is 22.6. The molecule has 7 rings (SSSR count). The zero-order valence-electron chi connectivity index (χ0n) is 20.3. The summed E-state index contributed by atoms with van der Waals surface area (Å²) in [6, 6.07) is 2.66. The number of halogens is 1. The molecule has 37 heavy (non-hydrogen) atoms. The molecule has 3 atom stereocenters. The number of likely N-dealkylation sites (tertiary alicyclic amines) is 1. The van der Waals surface area contributed by atoms with Gasteiger partial charge < -0.3 is 24.4 Å². The molecule has 1 amide bonds. The number of pyridine rings is 2. The summed E-state index contributed by atoms with van der Waals surface area (Å²) in [7, 11) is 0. The van der Waals surface area contributed by atoms with Gasteiger partial charge in [0.15, 0.2) is 11.7 Å². The van der Waals surface area contributed by atoms with E-state index in [1.807, 2.05) is 0 Å². The minimum absolute atomic E-state index is 0.0281. The Kier molecular flexibility index (Phi) is 4.41. The monoisotopic (exact) mass is 505 g/mol. The molecule has 4 aliphatic rings. The van der Waals surface area contributed by atoms with E-state index < -0.39 is 17.7 Å². The van der Waals surface area contributed by atoms with Crippen LogP contribution in [-0.4, -0.2) is 49.2 Å². The first-order valence-electron chi connectivity index (χ1n) is 12.5. The molecule has 1 unspecified atom stereocenters. The lowest BCUT2D eigenvalue weighted by atomic mass is 9.80. The van der Waals surface area contributed by atoms with Crippen LogP contribution in [0.2, 0.25) is 0 Å². The van der Waals surface area contributed by atoms with Crippen LogP contribution >= 0.6 is 0 Å². The molecule has 2 N–H and O–H groups in total. The Hall–Kier alpha value is -3.63. The smallest absolute Gasteiger partial charge is 0.343 e. The fraction of sp³-hybridized carbons (Fsp3) is 0.407. The Morgan fingerprint density at radius 1 is 1.22 bits per heavy atom. The number of carbonyl (C=O) groups is 2. The van der Waals surface area contributed by atoms with E-state index in [1.54, 1.807) is 29.4 Å². The van der Waals surface area contributed by atoms with Crippen molar-refractivity contribution >= 4 is 22.8 Å². The van der Waals surface area contributed by atoms with Crippen LogP contribution in [-0.2, 0) is 39.5 Å². The molecule has 1 fully saturated rings. The number of hydrogen-bond acceptors (Lipinski definition) is 7. The van der Waals surface area contributed by atoms with Crippen LogP contribution in [0.3, 0.4) is 0 Å². The van der Waals surface area contributed by atoms with Crippen molar-refractivity contribution in [2.24, 2.45) is 0 Å². The number of esters is 1. The van der Waals surface area contributed by atoms with Crippen molar-refractivity contribution in [1.82, 2.24) is 14.5 Å². The molecule has 9 nitrogen and oxygen atoms in total. The van der Waals surface area contributed by atoms with E-state index in [0.717, 1.165) is 22.1 Å². The molecule has 190 valence electrons. The van der Waals surface area contributed by atoms with Crippen molar-refractivity contribution in [3.8, 4) is 11.4 Å². The summed E-state index contributed by atoms with van der Waals surface area (Å²) < 4.78 is 21.6. The number of hydrogen-bond donors (Lipinski definition) is 2. The Morgan fingerprint density at radius 3 is 2.70 bits per heavy atom. The van der Waals surface area contributed by atoms with Gasteiger partial charge in [-0.2, -0.15) is 0 Å². The minimum Gasteiger partial charge on any atom is -0.458 e. The number of aromatic nitrogens is 2. The highest BCUT2D eigenvalue weighted by Crippen LogP contribution is 2.48. The van der Waals surface area contributed by atoms with Gasteiger partial charge in [-0.1, -0.05) is 6.92 Å². The van der Waals surface area contributed by atoms with Crippen LogP contribution in [0.4, 0.5) is 4.39 Å². The maximum atomic E-state index is 14.9. The standard InChI is InChI=1S/C27H24FN3O6/c1-3-27(36)15-6-19-23-13(8-30(19)24(33)14(15)10-37-26(27)35)22-18(31-9-20(32)25(31)34)5-4-12-11(2)16(28)7-17(29-23)21(12)22/h6-7,18,20,32,36H,3-5,8-10H2,1-2H3/t18-,20?,27-/m0/s1. The summed E-state index contributed by atoms with van der Waals surface area (Å²) >= 11 is 0. The van der Waals surface area contributed by atoms with E-state index in [9.17, 15) is 29.0 Å². The average Bonchev–Trinajstić information content (AvgIpc) is 3.26. The molecule has 3 aliphatic heterocycles. The number of aryl methyl sites for hydroxylation is 1. The second kappa shape index (κ2) is 7.23. The van der Waals surface area contributed by atoms with Gasteiger partial charge in [-0.3, -0.25) is 9.59 Å². The van der Waals surface area contributed by atoms with Gasteiger partial charge in [0.1, 0.15) is 12.4 Å². The zero-order valence-corrected chi connectivity index (χ0v) is 20.3. The van der Waals surface area contributed by atoms with Crippen LogP contribution in [0.1, 0.15) is 59.2 Å². The number of aliphatic hydroxyl groups is 2.